The largest absolute Gasteiger partial charge is 0.332 e. The summed E-state index contributed by atoms with van der Waals surface area (Å²) in [5.74, 6) is 0.428. The van der Waals surface area contributed by atoms with Crippen LogP contribution in [-0.4, -0.2) is 31.2 Å². The first-order valence-electron chi connectivity index (χ1n) is 9.82. The summed E-state index contributed by atoms with van der Waals surface area (Å²) in [4.78, 5) is 25.4. The summed E-state index contributed by atoms with van der Waals surface area (Å²) in [6.45, 7) is 2.25. The first-order valence-corrected chi connectivity index (χ1v) is 9.82. The Kier molecular flexibility index (Phi) is 4.72. The molecular formula is C23H19N7O. The molecule has 0 spiro atoms. The van der Waals surface area contributed by atoms with Crippen LogP contribution in [-0.2, 0) is 6.54 Å². The van der Waals surface area contributed by atoms with Crippen LogP contribution in [0.2, 0.25) is 0 Å². The second kappa shape index (κ2) is 7.83. The summed E-state index contributed by atoms with van der Waals surface area (Å²) in [7, 11) is 0. The highest BCUT2D eigenvalue weighted by Gasteiger charge is 2.11. The fourth-order valence-electron chi connectivity index (χ4n) is 3.54. The van der Waals surface area contributed by atoms with E-state index in [1.54, 1.807) is 24.7 Å². The molecule has 1 aromatic carbocycles. The molecule has 152 valence electrons. The molecule has 0 aliphatic carbocycles. The first kappa shape index (κ1) is 18.7. The number of nitrogens with zero attached hydrogens (tertiary/aromatic N) is 4. The monoisotopic (exact) mass is 409 g/mol. The van der Waals surface area contributed by atoms with E-state index in [1.165, 1.54) is 0 Å². The highest BCUT2D eigenvalue weighted by atomic mass is 16.2. The minimum absolute atomic E-state index is 0.311. The number of amides is 2. The molecule has 8 nitrogen and oxygen atoms in total. The highest BCUT2D eigenvalue weighted by molar-refractivity contribution is 5.96. The van der Waals surface area contributed by atoms with Gasteiger partial charge in [-0.2, -0.15) is 5.10 Å². The molecule has 2 amide bonds. The first-order chi connectivity index (χ1) is 15.2. The van der Waals surface area contributed by atoms with Crippen LogP contribution in [0.25, 0.3) is 32.9 Å². The van der Waals surface area contributed by atoms with E-state index in [9.17, 15) is 4.79 Å². The van der Waals surface area contributed by atoms with Crippen LogP contribution < -0.4 is 10.6 Å². The van der Waals surface area contributed by atoms with E-state index in [0.29, 0.717) is 12.4 Å². The number of pyridine rings is 3. The number of carbonyl (C=O) groups excluding carboxylic acids is 1. The van der Waals surface area contributed by atoms with Gasteiger partial charge >= 0.3 is 6.03 Å². The van der Waals surface area contributed by atoms with Gasteiger partial charge in [-0.3, -0.25) is 20.4 Å². The minimum atomic E-state index is -0.355. The summed E-state index contributed by atoms with van der Waals surface area (Å²) in [5, 5.41) is 16.0. The van der Waals surface area contributed by atoms with E-state index < -0.39 is 0 Å². The van der Waals surface area contributed by atoms with E-state index in [4.69, 9.17) is 0 Å². The van der Waals surface area contributed by atoms with Crippen molar-refractivity contribution < 1.29 is 4.79 Å². The Morgan fingerprint density at radius 2 is 1.87 bits per heavy atom. The maximum Gasteiger partial charge on any atom is 0.320 e. The molecule has 4 aromatic heterocycles. The molecule has 0 bridgehead atoms. The van der Waals surface area contributed by atoms with E-state index >= 15 is 0 Å². The molecule has 0 unspecified atom stereocenters. The molecule has 0 radical (unpaired) electrons. The Balaban J connectivity index is 1.30. The van der Waals surface area contributed by atoms with Crippen molar-refractivity contribution in [1.82, 2.24) is 30.5 Å². The van der Waals surface area contributed by atoms with Gasteiger partial charge in [-0.15, -0.1) is 0 Å². The number of aryl methyl sites for hydroxylation is 1. The molecule has 0 fully saturated rings. The number of aromatic amines is 1. The zero-order valence-electron chi connectivity index (χ0n) is 16.8. The quantitative estimate of drug-likeness (QED) is 0.412. The third kappa shape index (κ3) is 3.78. The number of anilines is 1. The number of urea groups is 1. The van der Waals surface area contributed by atoms with E-state index in [1.807, 2.05) is 49.4 Å². The van der Waals surface area contributed by atoms with Gasteiger partial charge in [0.1, 0.15) is 11.5 Å². The highest BCUT2D eigenvalue weighted by Crippen LogP contribution is 2.27. The summed E-state index contributed by atoms with van der Waals surface area (Å²) in [5.41, 5.74) is 4.26. The molecular weight excluding hydrogens is 390 g/mol. The number of fused-ring (bicyclic) bond motifs is 2. The van der Waals surface area contributed by atoms with Crippen LogP contribution >= 0.6 is 0 Å². The van der Waals surface area contributed by atoms with Crippen molar-refractivity contribution in [3.05, 3.63) is 78.5 Å². The van der Waals surface area contributed by atoms with Gasteiger partial charge in [-0.1, -0.05) is 24.3 Å². The van der Waals surface area contributed by atoms with Gasteiger partial charge in [-0.05, 0) is 30.5 Å². The van der Waals surface area contributed by atoms with Crippen LogP contribution in [0.5, 0.6) is 0 Å². The Hall–Kier alpha value is -4.33. The number of hydrogen-bond acceptors (Lipinski definition) is 5. The van der Waals surface area contributed by atoms with Crippen LogP contribution in [0, 0.1) is 6.92 Å². The van der Waals surface area contributed by atoms with Crippen LogP contribution in [0.1, 0.15) is 11.4 Å². The predicted octanol–water partition coefficient (Wildman–Crippen LogP) is 4.20. The standard InChI is InChI=1S/C23H19N7O/c1-14-10-16(7-8-24-14)22-18-12-26-21(11-19(18)29-30-22)28-23(31)27-13-20-17-5-3-2-4-15(17)6-9-25-20/h2-12H,13H2,1H3,(H,29,30)(H2,26,27,28,31). The zero-order valence-corrected chi connectivity index (χ0v) is 16.8. The Morgan fingerprint density at radius 1 is 1.00 bits per heavy atom. The molecule has 8 heteroatoms. The van der Waals surface area contributed by atoms with Gasteiger partial charge in [0.15, 0.2) is 0 Å². The predicted molar refractivity (Wildman–Crippen MR) is 119 cm³/mol. The average Bonchev–Trinajstić information content (AvgIpc) is 3.21. The van der Waals surface area contributed by atoms with Crippen molar-refractivity contribution in [3.8, 4) is 11.3 Å². The maximum absolute atomic E-state index is 12.4. The Bertz CT molecular complexity index is 1400. The van der Waals surface area contributed by atoms with Gasteiger partial charge in [0.2, 0.25) is 0 Å². The van der Waals surface area contributed by atoms with Crippen molar-refractivity contribution in [2.45, 2.75) is 13.5 Å². The van der Waals surface area contributed by atoms with E-state index in [-0.39, 0.29) is 6.03 Å². The topological polar surface area (TPSA) is 108 Å². The molecule has 3 N–H and O–H groups in total. The molecule has 0 saturated heterocycles. The number of benzene rings is 1. The van der Waals surface area contributed by atoms with Crippen molar-refractivity contribution in [2.24, 2.45) is 0 Å². The number of rotatable bonds is 4. The average molecular weight is 409 g/mol. The number of nitrogens with one attached hydrogen (secondary N) is 3. The van der Waals surface area contributed by atoms with E-state index in [2.05, 4.69) is 35.8 Å². The zero-order chi connectivity index (χ0) is 21.2. The third-order valence-electron chi connectivity index (χ3n) is 5.03. The SMILES string of the molecule is Cc1cc(-c2n[nH]c3cc(NC(=O)NCc4nccc5ccccc45)ncc23)ccn1. The van der Waals surface area contributed by atoms with Crippen LogP contribution in [0.4, 0.5) is 10.6 Å². The molecule has 0 aliphatic rings. The lowest BCUT2D eigenvalue weighted by molar-refractivity contribution is 0.251. The van der Waals surface area contributed by atoms with Gasteiger partial charge in [-0.25, -0.2) is 9.78 Å². The van der Waals surface area contributed by atoms with Crippen molar-refractivity contribution in [3.63, 3.8) is 0 Å². The summed E-state index contributed by atoms with van der Waals surface area (Å²) < 4.78 is 0. The molecule has 0 atom stereocenters. The lowest BCUT2D eigenvalue weighted by Crippen LogP contribution is -2.28. The Morgan fingerprint density at radius 3 is 2.77 bits per heavy atom. The van der Waals surface area contributed by atoms with Gasteiger partial charge in [0.05, 0.1) is 17.8 Å². The molecule has 0 saturated carbocycles. The second-order valence-corrected chi connectivity index (χ2v) is 7.16. The van der Waals surface area contributed by atoms with Crippen molar-refractivity contribution >= 4 is 33.5 Å². The molecule has 5 rings (SSSR count). The van der Waals surface area contributed by atoms with Crippen LogP contribution in [0.3, 0.4) is 0 Å². The summed E-state index contributed by atoms with van der Waals surface area (Å²) >= 11 is 0. The van der Waals surface area contributed by atoms with Gasteiger partial charge in [0.25, 0.3) is 0 Å². The fraction of sp³-hybridized carbons (Fsp3) is 0.0870. The lowest BCUT2D eigenvalue weighted by atomic mass is 10.1. The molecule has 0 aliphatic heterocycles. The normalized spacial score (nSPS) is 11.0. The maximum atomic E-state index is 12.4. The van der Waals surface area contributed by atoms with Gasteiger partial charge < -0.3 is 5.32 Å². The number of aromatic nitrogens is 5. The molecule has 5 aromatic rings. The van der Waals surface area contributed by atoms with Crippen LogP contribution in [0.15, 0.2) is 67.1 Å². The van der Waals surface area contributed by atoms with Crippen molar-refractivity contribution in [2.75, 3.05) is 5.32 Å². The summed E-state index contributed by atoms with van der Waals surface area (Å²) in [6.07, 6.45) is 5.20. The number of hydrogen-bond donors (Lipinski definition) is 3. The number of H-pyrrole nitrogens is 1. The Labute approximate surface area is 177 Å². The van der Waals surface area contributed by atoms with E-state index in [0.717, 1.165) is 44.3 Å². The fourth-order valence-corrected chi connectivity index (χ4v) is 3.54. The smallest absolute Gasteiger partial charge is 0.320 e. The second-order valence-electron chi connectivity index (χ2n) is 7.16. The van der Waals surface area contributed by atoms with Gasteiger partial charge in [0, 0.05) is 46.7 Å². The number of carbonyl (C=O) groups is 1. The lowest BCUT2D eigenvalue weighted by Gasteiger charge is -2.09. The molecule has 31 heavy (non-hydrogen) atoms. The van der Waals surface area contributed by atoms with Crippen molar-refractivity contribution in [1.29, 1.82) is 0 Å². The molecule has 4 heterocycles. The third-order valence-corrected chi connectivity index (χ3v) is 5.03. The summed E-state index contributed by atoms with van der Waals surface area (Å²) in [6, 6.07) is 15.2. The minimum Gasteiger partial charge on any atom is -0.332 e.